The van der Waals surface area contributed by atoms with E-state index in [1.807, 2.05) is 6.92 Å². The Bertz CT molecular complexity index is 993. The van der Waals surface area contributed by atoms with Crippen molar-refractivity contribution in [2.75, 3.05) is 25.5 Å². The van der Waals surface area contributed by atoms with Crippen LogP contribution in [0, 0.1) is 10.1 Å². The number of hydrogen-bond acceptors (Lipinski definition) is 8. The van der Waals surface area contributed by atoms with Crippen LogP contribution in [0.1, 0.15) is 12.5 Å². The minimum atomic E-state index is -4.14. The summed E-state index contributed by atoms with van der Waals surface area (Å²) in [6.45, 7) is 1.56. The van der Waals surface area contributed by atoms with Crippen molar-refractivity contribution in [2.45, 2.75) is 18.4 Å². The number of nitro benzene ring substituents is 1. The van der Waals surface area contributed by atoms with Gasteiger partial charge in [0.15, 0.2) is 0 Å². The second kappa shape index (κ2) is 9.85. The molecule has 0 saturated carbocycles. The van der Waals surface area contributed by atoms with Gasteiger partial charge in [-0.25, -0.2) is 8.42 Å². The Kier molecular flexibility index (Phi) is 7.51. The van der Waals surface area contributed by atoms with Gasteiger partial charge >= 0.3 is 5.97 Å². The van der Waals surface area contributed by atoms with Crippen molar-refractivity contribution in [1.29, 1.82) is 0 Å². The summed E-state index contributed by atoms with van der Waals surface area (Å²) in [5, 5.41) is 13.7. The molecule has 2 N–H and O–H groups in total. The first-order valence-corrected chi connectivity index (χ1v) is 10.1. The van der Waals surface area contributed by atoms with E-state index in [1.165, 1.54) is 19.2 Å². The van der Waals surface area contributed by atoms with E-state index in [0.29, 0.717) is 17.9 Å². The number of nitrogens with zero attached hydrogens (tertiary/aromatic N) is 1. The lowest BCUT2D eigenvalue weighted by atomic mass is 10.2. The van der Waals surface area contributed by atoms with E-state index < -0.39 is 33.1 Å². The number of anilines is 1. The van der Waals surface area contributed by atoms with Gasteiger partial charge in [-0.15, -0.1) is 0 Å². The zero-order valence-electron chi connectivity index (χ0n) is 15.9. The van der Waals surface area contributed by atoms with Crippen molar-refractivity contribution in [1.82, 2.24) is 4.72 Å². The van der Waals surface area contributed by atoms with Crippen LogP contribution in [0.15, 0.2) is 47.4 Å². The Labute approximate surface area is 168 Å². The molecule has 0 atom stereocenters. The predicted molar refractivity (Wildman–Crippen MR) is 105 cm³/mol. The number of ether oxygens (including phenoxy) is 2. The molecule has 2 aromatic rings. The molecule has 29 heavy (non-hydrogen) atoms. The van der Waals surface area contributed by atoms with Crippen molar-refractivity contribution in [2.24, 2.45) is 0 Å². The number of esters is 1. The molecule has 2 aromatic carbocycles. The van der Waals surface area contributed by atoms with Crippen molar-refractivity contribution >= 4 is 27.4 Å². The normalized spacial score (nSPS) is 11.0. The molecule has 0 fully saturated rings. The van der Waals surface area contributed by atoms with Gasteiger partial charge in [0.25, 0.3) is 5.69 Å². The van der Waals surface area contributed by atoms with Crippen molar-refractivity contribution in [3.63, 3.8) is 0 Å². The summed E-state index contributed by atoms with van der Waals surface area (Å²) >= 11 is 0. The van der Waals surface area contributed by atoms with Crippen LogP contribution in [0.5, 0.6) is 5.75 Å². The average molecular weight is 423 g/mol. The molecule has 0 aliphatic carbocycles. The van der Waals surface area contributed by atoms with Gasteiger partial charge < -0.3 is 14.8 Å². The number of rotatable bonds is 10. The third-order valence-electron chi connectivity index (χ3n) is 3.81. The maximum atomic E-state index is 12.3. The summed E-state index contributed by atoms with van der Waals surface area (Å²) in [5.74, 6) is -0.235. The third-order valence-corrected chi connectivity index (χ3v) is 5.21. The van der Waals surface area contributed by atoms with E-state index in [4.69, 9.17) is 9.47 Å². The molecule has 0 radical (unpaired) electrons. The number of carbonyl (C=O) groups excluding carboxylic acids is 1. The van der Waals surface area contributed by atoms with E-state index in [9.17, 15) is 23.3 Å². The van der Waals surface area contributed by atoms with Crippen LogP contribution in [-0.4, -0.2) is 39.5 Å². The second-order valence-electron chi connectivity index (χ2n) is 5.71. The molecule has 0 saturated heterocycles. The van der Waals surface area contributed by atoms with Crippen LogP contribution in [0.2, 0.25) is 0 Å². The second-order valence-corrected chi connectivity index (χ2v) is 7.48. The lowest BCUT2D eigenvalue weighted by molar-refractivity contribution is -0.384. The van der Waals surface area contributed by atoms with Crippen LogP contribution in [-0.2, 0) is 26.2 Å². The van der Waals surface area contributed by atoms with Gasteiger partial charge in [0.05, 0.1) is 16.4 Å². The third kappa shape index (κ3) is 5.90. The lowest BCUT2D eigenvalue weighted by Crippen LogP contribution is -2.30. The Balaban J connectivity index is 2.01. The monoisotopic (exact) mass is 423 g/mol. The summed E-state index contributed by atoms with van der Waals surface area (Å²) in [6.07, 6.45) is 0. The molecule has 0 bridgehead atoms. The molecule has 0 heterocycles. The van der Waals surface area contributed by atoms with E-state index in [-0.39, 0.29) is 17.2 Å². The molecule has 0 unspecified atom stereocenters. The van der Waals surface area contributed by atoms with Gasteiger partial charge in [0.1, 0.15) is 24.6 Å². The molecule has 0 aliphatic heterocycles. The standard InChI is InChI=1S/C18H21N3O7S/c1-3-27-17-7-5-4-6-13(17)12-28-18(22)11-20-29(25,26)14-8-9-15(19-2)16(10-14)21(23)24/h4-10,19-20H,3,11-12H2,1-2H3. The van der Waals surface area contributed by atoms with E-state index >= 15 is 0 Å². The molecular weight excluding hydrogens is 402 g/mol. The van der Waals surface area contributed by atoms with Crippen molar-refractivity contribution in [3.05, 3.63) is 58.1 Å². The van der Waals surface area contributed by atoms with Gasteiger partial charge in [0.2, 0.25) is 10.0 Å². The SMILES string of the molecule is CCOc1ccccc1COC(=O)CNS(=O)(=O)c1ccc(NC)c([N+](=O)[O-])c1. The summed E-state index contributed by atoms with van der Waals surface area (Å²) in [6, 6.07) is 10.4. The van der Waals surface area contributed by atoms with Crippen molar-refractivity contribution in [3.8, 4) is 5.75 Å². The average Bonchev–Trinajstić information content (AvgIpc) is 2.71. The zero-order valence-corrected chi connectivity index (χ0v) is 16.7. The first-order chi connectivity index (χ1) is 13.8. The Morgan fingerprint density at radius 3 is 2.59 bits per heavy atom. The summed E-state index contributed by atoms with van der Waals surface area (Å²) < 4.78 is 37.3. The van der Waals surface area contributed by atoms with Crippen LogP contribution in [0.4, 0.5) is 11.4 Å². The maximum Gasteiger partial charge on any atom is 0.321 e. The Morgan fingerprint density at radius 2 is 1.93 bits per heavy atom. The lowest BCUT2D eigenvalue weighted by Gasteiger charge is -2.11. The molecule has 0 spiro atoms. The number of carbonyl (C=O) groups is 1. The van der Waals surface area contributed by atoms with E-state index in [2.05, 4.69) is 10.0 Å². The van der Waals surface area contributed by atoms with Crippen LogP contribution in [0.25, 0.3) is 0 Å². The molecule has 0 aliphatic rings. The first-order valence-electron chi connectivity index (χ1n) is 8.60. The van der Waals surface area contributed by atoms with E-state index in [0.717, 1.165) is 6.07 Å². The fourth-order valence-electron chi connectivity index (χ4n) is 2.41. The highest BCUT2D eigenvalue weighted by Gasteiger charge is 2.22. The molecule has 10 nitrogen and oxygen atoms in total. The summed E-state index contributed by atoms with van der Waals surface area (Å²) in [7, 11) is -2.66. The van der Waals surface area contributed by atoms with E-state index in [1.54, 1.807) is 24.3 Å². The summed E-state index contributed by atoms with van der Waals surface area (Å²) in [4.78, 5) is 22.0. The number of benzene rings is 2. The van der Waals surface area contributed by atoms with Crippen LogP contribution >= 0.6 is 0 Å². The number of hydrogen-bond donors (Lipinski definition) is 2. The van der Waals surface area contributed by atoms with Gasteiger partial charge in [-0.3, -0.25) is 14.9 Å². The highest BCUT2D eigenvalue weighted by atomic mass is 32.2. The van der Waals surface area contributed by atoms with Gasteiger partial charge in [-0.2, -0.15) is 4.72 Å². The van der Waals surface area contributed by atoms with Crippen LogP contribution < -0.4 is 14.8 Å². The predicted octanol–water partition coefficient (Wildman–Crippen LogP) is 2.06. The largest absolute Gasteiger partial charge is 0.493 e. The highest BCUT2D eigenvalue weighted by Crippen LogP contribution is 2.27. The van der Waals surface area contributed by atoms with Gasteiger partial charge in [-0.1, -0.05) is 18.2 Å². The molecule has 156 valence electrons. The summed E-state index contributed by atoms with van der Waals surface area (Å²) in [5.41, 5.74) is 0.413. The number of sulfonamides is 1. The topological polar surface area (TPSA) is 137 Å². The fraction of sp³-hybridized carbons (Fsp3) is 0.278. The fourth-order valence-corrected chi connectivity index (χ4v) is 3.40. The molecule has 11 heteroatoms. The Hall–Kier alpha value is -3.18. The quantitative estimate of drug-likeness (QED) is 0.337. The zero-order chi connectivity index (χ0) is 21.4. The van der Waals surface area contributed by atoms with Gasteiger partial charge in [0, 0.05) is 18.7 Å². The number of nitrogens with one attached hydrogen (secondary N) is 2. The molecular formula is C18H21N3O7S. The van der Waals surface area contributed by atoms with Crippen LogP contribution in [0.3, 0.4) is 0 Å². The number of para-hydroxylation sites is 1. The Morgan fingerprint density at radius 1 is 1.21 bits per heavy atom. The smallest absolute Gasteiger partial charge is 0.321 e. The van der Waals surface area contributed by atoms with Gasteiger partial charge in [-0.05, 0) is 25.1 Å². The minimum Gasteiger partial charge on any atom is -0.493 e. The minimum absolute atomic E-state index is 0.0843. The highest BCUT2D eigenvalue weighted by molar-refractivity contribution is 7.89. The molecule has 0 aromatic heterocycles. The maximum absolute atomic E-state index is 12.3. The number of nitro groups is 1. The first kappa shape index (κ1) is 22.1. The van der Waals surface area contributed by atoms with Crippen molar-refractivity contribution < 1.29 is 27.6 Å². The molecule has 2 rings (SSSR count). The molecule has 0 amide bonds.